The molecular formula is C24H34N2O5S. The number of fused-ring (bicyclic) bond motifs is 2. The van der Waals surface area contributed by atoms with Gasteiger partial charge in [0.2, 0.25) is 11.8 Å². The predicted molar refractivity (Wildman–Crippen MR) is 123 cm³/mol. The maximum Gasteiger partial charge on any atom is 0.311 e. The monoisotopic (exact) mass is 462 g/mol. The van der Waals surface area contributed by atoms with Crippen molar-refractivity contribution in [3.05, 3.63) is 24.3 Å². The summed E-state index contributed by atoms with van der Waals surface area (Å²) in [5, 5.41) is 10.2. The molecule has 2 fully saturated rings. The average Bonchev–Trinajstić information content (AvgIpc) is 3.02. The van der Waals surface area contributed by atoms with Crippen LogP contribution < -0.4 is 0 Å². The molecule has 7 nitrogen and oxygen atoms in total. The third-order valence-corrected chi connectivity index (χ3v) is 9.22. The first-order valence-corrected chi connectivity index (χ1v) is 12.4. The largest absolute Gasteiger partial charge is 0.465 e. The lowest BCUT2D eigenvalue weighted by Gasteiger charge is -2.41. The molecule has 0 aromatic carbocycles. The number of likely N-dealkylation sites (tertiary alicyclic amines) is 1. The van der Waals surface area contributed by atoms with Gasteiger partial charge in [-0.1, -0.05) is 38.2 Å². The van der Waals surface area contributed by atoms with Gasteiger partial charge in [-0.3, -0.25) is 14.4 Å². The molecule has 1 unspecified atom stereocenters. The average molecular weight is 463 g/mol. The standard InChI is InChI=1S/C24H34N2O5S/c1-14(2)16(13-27)26-19-21(29)25(15(3)4)11-8-10-24(19)17(20(26)28)18-22(30)31-12-7-6-9-23(18,5)32-24/h6,8-10,14-19,27H,7,11-13H2,1-5H3/t16-,17-,18-,19?,23+,24-/m0/s1. The second-order valence-electron chi connectivity index (χ2n) is 10.1. The van der Waals surface area contributed by atoms with Gasteiger partial charge in [-0.2, -0.15) is 0 Å². The van der Waals surface area contributed by atoms with Crippen molar-refractivity contribution in [2.24, 2.45) is 17.8 Å². The van der Waals surface area contributed by atoms with E-state index in [0.29, 0.717) is 13.0 Å². The minimum atomic E-state index is -0.896. The Labute approximate surface area is 194 Å². The molecule has 0 bridgehead atoms. The highest BCUT2D eigenvalue weighted by Gasteiger charge is 2.74. The minimum Gasteiger partial charge on any atom is -0.465 e. The number of hydrogen-bond donors (Lipinski definition) is 1. The van der Waals surface area contributed by atoms with Crippen molar-refractivity contribution in [3.63, 3.8) is 0 Å². The lowest BCUT2D eigenvalue weighted by atomic mass is 9.74. The lowest BCUT2D eigenvalue weighted by Crippen LogP contribution is -2.58. The zero-order valence-corrected chi connectivity index (χ0v) is 20.3. The van der Waals surface area contributed by atoms with Crippen molar-refractivity contribution in [1.82, 2.24) is 9.80 Å². The fourth-order valence-corrected chi connectivity index (χ4v) is 8.03. The molecule has 4 rings (SSSR count). The molecule has 0 saturated carbocycles. The molecule has 0 aliphatic carbocycles. The van der Waals surface area contributed by atoms with Crippen LogP contribution in [-0.2, 0) is 19.1 Å². The first-order chi connectivity index (χ1) is 15.1. The van der Waals surface area contributed by atoms with Crippen LogP contribution in [-0.4, -0.2) is 80.1 Å². The Bertz CT molecular complexity index is 870. The maximum atomic E-state index is 14.1. The van der Waals surface area contributed by atoms with Gasteiger partial charge in [0.1, 0.15) is 6.04 Å². The van der Waals surface area contributed by atoms with Crippen molar-refractivity contribution < 1.29 is 24.2 Å². The van der Waals surface area contributed by atoms with Crippen LogP contribution in [0.5, 0.6) is 0 Å². The van der Waals surface area contributed by atoms with E-state index in [0.717, 1.165) is 0 Å². The van der Waals surface area contributed by atoms with Crippen LogP contribution in [0.3, 0.4) is 0 Å². The summed E-state index contributed by atoms with van der Waals surface area (Å²) in [6.07, 6.45) is 8.63. The van der Waals surface area contributed by atoms with Crippen molar-refractivity contribution in [3.8, 4) is 0 Å². The number of thioether (sulfide) groups is 1. The van der Waals surface area contributed by atoms with Gasteiger partial charge < -0.3 is 19.6 Å². The van der Waals surface area contributed by atoms with Crippen LogP contribution in [0.1, 0.15) is 41.0 Å². The molecule has 4 heterocycles. The van der Waals surface area contributed by atoms with Gasteiger partial charge in [0.25, 0.3) is 0 Å². The topological polar surface area (TPSA) is 87.2 Å². The Morgan fingerprint density at radius 1 is 1.12 bits per heavy atom. The second kappa shape index (κ2) is 8.20. The fraction of sp³-hybridized carbons (Fsp3) is 0.708. The molecule has 1 spiro atoms. The van der Waals surface area contributed by atoms with Crippen molar-refractivity contribution in [1.29, 1.82) is 0 Å². The molecule has 2 amide bonds. The van der Waals surface area contributed by atoms with E-state index in [1.165, 1.54) is 11.8 Å². The quantitative estimate of drug-likeness (QED) is 0.508. The smallest absolute Gasteiger partial charge is 0.311 e. The molecule has 0 aromatic heterocycles. The molecule has 2 saturated heterocycles. The summed E-state index contributed by atoms with van der Waals surface area (Å²) in [5.41, 5.74) is 0. The second-order valence-corrected chi connectivity index (χ2v) is 11.9. The highest BCUT2D eigenvalue weighted by molar-refractivity contribution is 8.02. The molecule has 6 atom stereocenters. The van der Waals surface area contributed by atoms with E-state index in [9.17, 15) is 19.5 Å². The number of ether oxygens (including phenoxy) is 1. The Morgan fingerprint density at radius 2 is 1.84 bits per heavy atom. The maximum absolute atomic E-state index is 14.1. The van der Waals surface area contributed by atoms with Gasteiger partial charge in [0, 0.05) is 17.3 Å². The third kappa shape index (κ3) is 3.24. The predicted octanol–water partition coefficient (Wildman–Crippen LogP) is 2.00. The summed E-state index contributed by atoms with van der Waals surface area (Å²) in [4.78, 5) is 44.7. The van der Waals surface area contributed by atoms with Crippen molar-refractivity contribution >= 4 is 29.5 Å². The number of aliphatic hydroxyl groups is 1. The van der Waals surface area contributed by atoms with Crippen LogP contribution in [0, 0.1) is 17.8 Å². The van der Waals surface area contributed by atoms with Gasteiger partial charge in [-0.15, -0.1) is 11.8 Å². The molecule has 8 heteroatoms. The Morgan fingerprint density at radius 3 is 2.47 bits per heavy atom. The van der Waals surface area contributed by atoms with E-state index in [1.807, 2.05) is 58.9 Å². The number of nitrogens with zero attached hydrogens (tertiary/aromatic N) is 2. The number of hydrogen-bond acceptors (Lipinski definition) is 6. The normalized spacial score (nSPS) is 37.8. The Balaban J connectivity index is 1.93. The number of amides is 2. The SMILES string of the molecule is CC(C)[C@H](CO)N1C(=O)[C@@H]2[C@H]3C(=O)OCCC=C[C@@]3(C)S[C@@]23C=CCN(C(C)C)C(=O)C13. The number of aliphatic hydroxyl groups excluding tert-OH is 1. The van der Waals surface area contributed by atoms with Crippen LogP contribution in [0.2, 0.25) is 0 Å². The Hall–Kier alpha value is -1.80. The van der Waals surface area contributed by atoms with Gasteiger partial charge in [-0.05, 0) is 33.1 Å². The first kappa shape index (κ1) is 23.4. The van der Waals surface area contributed by atoms with Crippen molar-refractivity contribution in [2.45, 2.75) is 68.7 Å². The zero-order chi connectivity index (χ0) is 23.4. The summed E-state index contributed by atoms with van der Waals surface area (Å²) in [6, 6.07) is -1.33. The Kier molecular flexibility index (Phi) is 5.99. The zero-order valence-electron chi connectivity index (χ0n) is 19.5. The number of carbonyl (C=O) groups excluding carboxylic acids is 3. The number of carbonyl (C=O) groups is 3. The summed E-state index contributed by atoms with van der Waals surface area (Å²) in [7, 11) is 0. The highest BCUT2D eigenvalue weighted by atomic mass is 32.2. The van der Waals surface area contributed by atoms with Crippen LogP contribution in [0.4, 0.5) is 0 Å². The van der Waals surface area contributed by atoms with E-state index in [-0.39, 0.29) is 43.0 Å². The van der Waals surface area contributed by atoms with E-state index >= 15 is 0 Å². The number of cyclic esters (lactones) is 1. The molecule has 0 radical (unpaired) electrons. The molecular weight excluding hydrogens is 428 g/mol. The van der Waals surface area contributed by atoms with Gasteiger partial charge in [0.15, 0.2) is 0 Å². The molecule has 0 aromatic rings. The minimum absolute atomic E-state index is 0.0366. The van der Waals surface area contributed by atoms with Gasteiger partial charge in [-0.25, -0.2) is 0 Å². The molecule has 1 N–H and O–H groups in total. The third-order valence-electron chi connectivity index (χ3n) is 7.43. The first-order valence-electron chi connectivity index (χ1n) is 11.5. The van der Waals surface area contributed by atoms with Crippen molar-refractivity contribution in [2.75, 3.05) is 19.8 Å². The fourth-order valence-electron chi connectivity index (χ4n) is 5.89. The molecule has 4 aliphatic rings. The summed E-state index contributed by atoms with van der Waals surface area (Å²) in [6.45, 7) is 10.3. The summed E-state index contributed by atoms with van der Waals surface area (Å²) in [5.74, 6) is -2.21. The van der Waals surface area contributed by atoms with Crippen LogP contribution in [0.25, 0.3) is 0 Å². The van der Waals surface area contributed by atoms with Crippen LogP contribution >= 0.6 is 11.8 Å². The van der Waals surface area contributed by atoms with E-state index in [1.54, 1.807) is 9.80 Å². The van der Waals surface area contributed by atoms with Gasteiger partial charge in [0.05, 0.1) is 35.8 Å². The summed E-state index contributed by atoms with van der Waals surface area (Å²) < 4.78 is 3.98. The van der Waals surface area contributed by atoms with E-state index in [2.05, 4.69) is 0 Å². The number of esters is 1. The molecule has 4 aliphatic heterocycles. The number of rotatable bonds is 4. The van der Waals surface area contributed by atoms with Crippen LogP contribution in [0.15, 0.2) is 24.3 Å². The lowest BCUT2D eigenvalue weighted by molar-refractivity contribution is -0.155. The molecule has 176 valence electrons. The summed E-state index contributed by atoms with van der Waals surface area (Å²) >= 11 is 1.54. The van der Waals surface area contributed by atoms with E-state index in [4.69, 9.17) is 4.74 Å². The highest BCUT2D eigenvalue weighted by Crippen LogP contribution is 2.65. The van der Waals surface area contributed by atoms with Gasteiger partial charge >= 0.3 is 5.97 Å². The van der Waals surface area contributed by atoms with E-state index < -0.39 is 33.4 Å². The molecule has 32 heavy (non-hydrogen) atoms.